The number of hydrogen-bond donors (Lipinski definition) is 0. The molecular formula is C18H18N2O5S. The van der Waals surface area contributed by atoms with Gasteiger partial charge in [0.05, 0.1) is 12.0 Å². The van der Waals surface area contributed by atoms with Crippen molar-refractivity contribution in [3.05, 3.63) is 81.2 Å². The molecule has 0 saturated heterocycles. The molecule has 0 saturated carbocycles. The first-order valence-corrected chi connectivity index (χ1v) is 9.36. The van der Waals surface area contributed by atoms with Crippen molar-refractivity contribution >= 4 is 16.1 Å². The molecule has 1 atom stereocenters. The highest BCUT2D eigenvalue weighted by Crippen LogP contribution is 2.38. The van der Waals surface area contributed by atoms with E-state index in [1.807, 2.05) is 6.92 Å². The summed E-state index contributed by atoms with van der Waals surface area (Å²) in [5, 5.41) is 11.2. The monoisotopic (exact) mass is 374 g/mol. The van der Waals surface area contributed by atoms with Crippen LogP contribution in [-0.2, 0) is 14.8 Å². The number of aryl methyl sites for hydroxylation is 1. The third-order valence-corrected chi connectivity index (χ3v) is 6.06. The van der Waals surface area contributed by atoms with E-state index >= 15 is 0 Å². The second-order valence-corrected chi connectivity index (χ2v) is 7.78. The molecule has 0 amide bonds. The van der Waals surface area contributed by atoms with Crippen LogP contribution < -0.4 is 0 Å². The van der Waals surface area contributed by atoms with Crippen LogP contribution in [0.4, 0.5) is 0 Å². The Labute approximate surface area is 151 Å². The van der Waals surface area contributed by atoms with Crippen LogP contribution in [0.2, 0.25) is 0 Å². The van der Waals surface area contributed by atoms with Gasteiger partial charge in [0.15, 0.2) is 0 Å². The summed E-state index contributed by atoms with van der Waals surface area (Å²) in [6.45, 7) is 1.28. The molecule has 2 aromatic carbocycles. The summed E-state index contributed by atoms with van der Waals surface area (Å²) >= 11 is 0. The van der Waals surface area contributed by atoms with Crippen LogP contribution in [0.5, 0.6) is 0 Å². The summed E-state index contributed by atoms with van der Waals surface area (Å²) in [6.07, 6.45) is 1.58. The van der Waals surface area contributed by atoms with Crippen molar-refractivity contribution in [3.8, 4) is 0 Å². The topological polar surface area (TPSA) is 89.8 Å². The lowest BCUT2D eigenvalue weighted by molar-refractivity contribution is -0.486. The highest BCUT2D eigenvalue weighted by Gasteiger charge is 2.41. The third-order valence-electron chi connectivity index (χ3n) is 4.24. The minimum Gasteiger partial charge on any atom is -0.482 e. The summed E-state index contributed by atoms with van der Waals surface area (Å²) < 4.78 is 32.8. The van der Waals surface area contributed by atoms with Crippen molar-refractivity contribution in [1.82, 2.24) is 4.31 Å². The van der Waals surface area contributed by atoms with E-state index < -0.39 is 27.5 Å². The van der Waals surface area contributed by atoms with Crippen LogP contribution in [0.25, 0.3) is 6.08 Å². The van der Waals surface area contributed by atoms with E-state index in [0.29, 0.717) is 11.1 Å². The van der Waals surface area contributed by atoms with Gasteiger partial charge in [-0.1, -0.05) is 42.0 Å². The SMILES string of the molecule is COC1=Cc2ccccc2C(C[N+](=O)[O-])N1S(=O)(=O)c1ccc(C)cc1. The van der Waals surface area contributed by atoms with Crippen molar-refractivity contribution in [2.45, 2.75) is 17.9 Å². The molecule has 1 aliphatic rings. The number of nitro groups is 1. The van der Waals surface area contributed by atoms with Crippen LogP contribution in [0.1, 0.15) is 22.7 Å². The quantitative estimate of drug-likeness (QED) is 0.593. The average Bonchev–Trinajstić information content (AvgIpc) is 2.61. The first-order valence-electron chi connectivity index (χ1n) is 7.92. The molecule has 0 radical (unpaired) electrons. The number of sulfonamides is 1. The van der Waals surface area contributed by atoms with E-state index in [0.717, 1.165) is 9.87 Å². The molecule has 1 heterocycles. The molecule has 0 N–H and O–H groups in total. The molecule has 0 bridgehead atoms. The van der Waals surface area contributed by atoms with E-state index in [1.165, 1.54) is 19.2 Å². The standard InChI is InChI=1S/C18H18N2O5S/c1-13-7-9-15(10-8-13)26(23,24)20-17(12-19(21)22)16-6-4-3-5-14(16)11-18(20)25-2/h3-11,17H,12H2,1-2H3. The largest absolute Gasteiger partial charge is 0.482 e. The highest BCUT2D eigenvalue weighted by atomic mass is 32.2. The van der Waals surface area contributed by atoms with Gasteiger partial charge in [-0.05, 0) is 30.2 Å². The van der Waals surface area contributed by atoms with Gasteiger partial charge in [0.2, 0.25) is 12.4 Å². The van der Waals surface area contributed by atoms with E-state index in [4.69, 9.17) is 4.74 Å². The number of methoxy groups -OCH3 is 1. The van der Waals surface area contributed by atoms with Gasteiger partial charge in [0.25, 0.3) is 10.0 Å². The molecule has 0 fully saturated rings. The lowest BCUT2D eigenvalue weighted by Crippen LogP contribution is -2.40. The van der Waals surface area contributed by atoms with E-state index in [2.05, 4.69) is 0 Å². The summed E-state index contributed by atoms with van der Waals surface area (Å²) in [5.41, 5.74) is 2.18. The van der Waals surface area contributed by atoms with Gasteiger partial charge in [-0.25, -0.2) is 12.7 Å². The predicted molar refractivity (Wildman–Crippen MR) is 96.2 cm³/mol. The Balaban J connectivity index is 2.19. The van der Waals surface area contributed by atoms with Crippen molar-refractivity contribution in [1.29, 1.82) is 0 Å². The fraction of sp³-hybridized carbons (Fsp3) is 0.222. The number of ether oxygens (including phenoxy) is 1. The Bertz CT molecular complexity index is 967. The van der Waals surface area contributed by atoms with Crippen molar-refractivity contribution in [3.63, 3.8) is 0 Å². The normalized spacial score (nSPS) is 16.6. The zero-order valence-corrected chi connectivity index (χ0v) is 15.1. The number of fused-ring (bicyclic) bond motifs is 1. The first kappa shape index (κ1) is 17.9. The lowest BCUT2D eigenvalue weighted by Gasteiger charge is -2.35. The van der Waals surface area contributed by atoms with Crippen LogP contribution >= 0.6 is 0 Å². The first-order chi connectivity index (χ1) is 12.3. The average molecular weight is 374 g/mol. The summed E-state index contributed by atoms with van der Waals surface area (Å²) in [4.78, 5) is 10.8. The van der Waals surface area contributed by atoms with E-state index in [-0.39, 0.29) is 10.8 Å². The Morgan fingerprint density at radius 1 is 1.15 bits per heavy atom. The Kier molecular flexibility index (Phi) is 4.69. The van der Waals surface area contributed by atoms with Gasteiger partial charge in [0.1, 0.15) is 6.04 Å². The molecule has 136 valence electrons. The van der Waals surface area contributed by atoms with Crippen molar-refractivity contribution in [2.75, 3.05) is 13.7 Å². The fourth-order valence-electron chi connectivity index (χ4n) is 2.99. The summed E-state index contributed by atoms with van der Waals surface area (Å²) in [6, 6.07) is 12.3. The number of rotatable bonds is 5. The Hall–Kier alpha value is -2.87. The van der Waals surface area contributed by atoms with Crippen molar-refractivity contribution < 1.29 is 18.1 Å². The van der Waals surface area contributed by atoms with Gasteiger partial charge < -0.3 is 4.74 Å². The second-order valence-electron chi connectivity index (χ2n) is 5.96. The highest BCUT2D eigenvalue weighted by molar-refractivity contribution is 7.89. The zero-order valence-electron chi connectivity index (χ0n) is 14.3. The minimum atomic E-state index is -4.04. The maximum Gasteiger partial charge on any atom is 0.267 e. The summed E-state index contributed by atoms with van der Waals surface area (Å²) in [5.74, 6) is 0.0520. The molecule has 0 aromatic heterocycles. The molecule has 3 rings (SSSR count). The van der Waals surface area contributed by atoms with Crippen LogP contribution in [0, 0.1) is 17.0 Å². The lowest BCUT2D eigenvalue weighted by atomic mass is 9.97. The smallest absolute Gasteiger partial charge is 0.267 e. The van der Waals surface area contributed by atoms with Crippen molar-refractivity contribution in [2.24, 2.45) is 0 Å². The number of benzene rings is 2. The maximum atomic E-state index is 13.3. The molecule has 2 aromatic rings. The molecule has 8 heteroatoms. The molecule has 0 aliphatic carbocycles. The number of nitrogens with zero attached hydrogens (tertiary/aromatic N) is 2. The molecule has 0 spiro atoms. The summed E-state index contributed by atoms with van der Waals surface area (Å²) in [7, 11) is -2.69. The molecule has 1 unspecified atom stereocenters. The van der Waals surface area contributed by atoms with Crippen LogP contribution in [0.3, 0.4) is 0 Å². The maximum absolute atomic E-state index is 13.3. The number of hydrogen-bond acceptors (Lipinski definition) is 5. The second kappa shape index (κ2) is 6.80. The van der Waals surface area contributed by atoms with Gasteiger partial charge in [0, 0.05) is 11.0 Å². The van der Waals surface area contributed by atoms with Gasteiger partial charge >= 0.3 is 0 Å². The minimum absolute atomic E-state index is 0.0520. The van der Waals surface area contributed by atoms with E-state index in [1.54, 1.807) is 42.5 Å². The van der Waals surface area contributed by atoms with Gasteiger partial charge in [-0.2, -0.15) is 0 Å². The molecular weight excluding hydrogens is 356 g/mol. The van der Waals surface area contributed by atoms with Crippen LogP contribution in [0.15, 0.2) is 59.3 Å². The molecule has 7 nitrogen and oxygen atoms in total. The van der Waals surface area contributed by atoms with Gasteiger partial charge in [-0.15, -0.1) is 0 Å². The molecule has 26 heavy (non-hydrogen) atoms. The Morgan fingerprint density at radius 2 is 1.81 bits per heavy atom. The van der Waals surface area contributed by atoms with Crippen LogP contribution in [-0.4, -0.2) is 31.3 Å². The van der Waals surface area contributed by atoms with Gasteiger partial charge in [-0.3, -0.25) is 10.1 Å². The predicted octanol–water partition coefficient (Wildman–Crippen LogP) is 2.96. The zero-order chi connectivity index (χ0) is 18.9. The fourth-order valence-corrected chi connectivity index (χ4v) is 4.58. The molecule has 1 aliphatic heterocycles. The third kappa shape index (κ3) is 3.15. The van der Waals surface area contributed by atoms with E-state index in [9.17, 15) is 18.5 Å². The Morgan fingerprint density at radius 3 is 2.42 bits per heavy atom.